The van der Waals surface area contributed by atoms with Crippen LogP contribution in [0.3, 0.4) is 0 Å². The number of Topliss-reactive ketones (excluding diaryl/α,β-unsaturated/α-hetero) is 1. The molecular weight excluding hydrogens is 274 g/mol. The van der Waals surface area contributed by atoms with Crippen molar-refractivity contribution in [2.24, 2.45) is 0 Å². The number of nitrogens with one attached hydrogen (secondary N) is 1. The molecule has 0 aliphatic carbocycles. The molecule has 1 amide bonds. The van der Waals surface area contributed by atoms with E-state index >= 15 is 0 Å². The van der Waals surface area contributed by atoms with Gasteiger partial charge in [0.05, 0.1) is 0 Å². The smallest absolute Gasteiger partial charge is 0.224 e. The van der Waals surface area contributed by atoms with Gasteiger partial charge in [0.15, 0.2) is 5.78 Å². The van der Waals surface area contributed by atoms with Crippen molar-refractivity contribution in [1.29, 1.82) is 0 Å². The van der Waals surface area contributed by atoms with Gasteiger partial charge >= 0.3 is 0 Å². The van der Waals surface area contributed by atoms with E-state index in [0.29, 0.717) is 5.56 Å². The molecule has 0 radical (unpaired) electrons. The zero-order chi connectivity index (χ0) is 16.1. The van der Waals surface area contributed by atoms with Crippen LogP contribution in [0.1, 0.15) is 39.9 Å². The first-order valence-electron chi connectivity index (χ1n) is 7.42. The molecule has 0 atom stereocenters. The van der Waals surface area contributed by atoms with Crippen LogP contribution >= 0.6 is 0 Å². The fourth-order valence-electron chi connectivity index (χ4n) is 2.28. The van der Waals surface area contributed by atoms with E-state index < -0.39 is 0 Å². The van der Waals surface area contributed by atoms with Crippen LogP contribution in [0.4, 0.5) is 5.69 Å². The molecule has 1 N–H and O–H groups in total. The summed E-state index contributed by atoms with van der Waals surface area (Å²) in [6.45, 7) is 5.95. The van der Waals surface area contributed by atoms with Gasteiger partial charge in [-0.1, -0.05) is 47.5 Å². The molecule has 22 heavy (non-hydrogen) atoms. The van der Waals surface area contributed by atoms with Gasteiger partial charge in [-0.3, -0.25) is 9.59 Å². The standard InChI is InChI=1S/C19H21NO2/c1-13-4-7-16(8-5-13)18(21)10-11-19(22)20-17-9-6-14(2)12-15(17)3/h4-9,12H,10-11H2,1-3H3,(H,20,22). The molecule has 2 rings (SSSR count). The van der Waals surface area contributed by atoms with Crippen molar-refractivity contribution in [2.45, 2.75) is 33.6 Å². The van der Waals surface area contributed by atoms with E-state index in [9.17, 15) is 9.59 Å². The second-order valence-electron chi connectivity index (χ2n) is 5.66. The summed E-state index contributed by atoms with van der Waals surface area (Å²) in [5.41, 5.74) is 4.76. The van der Waals surface area contributed by atoms with Gasteiger partial charge in [-0.25, -0.2) is 0 Å². The van der Waals surface area contributed by atoms with E-state index in [0.717, 1.165) is 22.4 Å². The minimum Gasteiger partial charge on any atom is -0.326 e. The van der Waals surface area contributed by atoms with Gasteiger partial charge in [-0.15, -0.1) is 0 Å². The number of aryl methyl sites for hydroxylation is 3. The van der Waals surface area contributed by atoms with Crippen molar-refractivity contribution >= 4 is 17.4 Å². The van der Waals surface area contributed by atoms with E-state index in [1.807, 2.05) is 51.1 Å². The maximum absolute atomic E-state index is 12.0. The average Bonchev–Trinajstić information content (AvgIpc) is 2.48. The monoisotopic (exact) mass is 295 g/mol. The lowest BCUT2D eigenvalue weighted by atomic mass is 10.0. The number of anilines is 1. The number of amides is 1. The van der Waals surface area contributed by atoms with Gasteiger partial charge in [-0.2, -0.15) is 0 Å². The lowest BCUT2D eigenvalue weighted by Crippen LogP contribution is -2.14. The van der Waals surface area contributed by atoms with Crippen molar-refractivity contribution in [2.75, 3.05) is 5.32 Å². The number of carbonyl (C=O) groups excluding carboxylic acids is 2. The van der Waals surface area contributed by atoms with Gasteiger partial charge in [-0.05, 0) is 32.4 Å². The number of hydrogen-bond acceptors (Lipinski definition) is 2. The van der Waals surface area contributed by atoms with Crippen LogP contribution in [0, 0.1) is 20.8 Å². The third kappa shape index (κ3) is 4.29. The van der Waals surface area contributed by atoms with Crippen LogP contribution < -0.4 is 5.32 Å². The molecular formula is C19H21NO2. The Morgan fingerprint density at radius 2 is 1.50 bits per heavy atom. The van der Waals surface area contributed by atoms with Crippen molar-refractivity contribution in [3.05, 3.63) is 64.7 Å². The predicted molar refractivity (Wildman–Crippen MR) is 89.3 cm³/mol. The second kappa shape index (κ2) is 7.03. The summed E-state index contributed by atoms with van der Waals surface area (Å²) in [4.78, 5) is 24.0. The van der Waals surface area contributed by atoms with Crippen LogP contribution in [0.15, 0.2) is 42.5 Å². The first-order valence-corrected chi connectivity index (χ1v) is 7.42. The zero-order valence-corrected chi connectivity index (χ0v) is 13.3. The van der Waals surface area contributed by atoms with Crippen molar-refractivity contribution in [3.63, 3.8) is 0 Å². The molecule has 3 heteroatoms. The van der Waals surface area contributed by atoms with Gasteiger partial charge in [0.2, 0.25) is 5.91 Å². The molecule has 0 heterocycles. The molecule has 0 spiro atoms. The lowest BCUT2D eigenvalue weighted by molar-refractivity contribution is -0.116. The van der Waals surface area contributed by atoms with E-state index in [-0.39, 0.29) is 24.5 Å². The lowest BCUT2D eigenvalue weighted by Gasteiger charge is -2.09. The minimum atomic E-state index is -0.132. The van der Waals surface area contributed by atoms with Gasteiger partial charge < -0.3 is 5.32 Å². The highest BCUT2D eigenvalue weighted by atomic mass is 16.2. The predicted octanol–water partition coefficient (Wildman–Crippen LogP) is 4.21. The fourth-order valence-corrected chi connectivity index (χ4v) is 2.28. The van der Waals surface area contributed by atoms with E-state index in [1.54, 1.807) is 12.1 Å². The number of benzene rings is 2. The van der Waals surface area contributed by atoms with Crippen molar-refractivity contribution in [3.8, 4) is 0 Å². The Balaban J connectivity index is 1.89. The van der Waals surface area contributed by atoms with Crippen LogP contribution in [-0.2, 0) is 4.79 Å². The molecule has 0 aliphatic rings. The Labute approximate surface area is 131 Å². The first-order chi connectivity index (χ1) is 10.5. The summed E-state index contributed by atoms with van der Waals surface area (Å²) < 4.78 is 0. The fraction of sp³-hybridized carbons (Fsp3) is 0.263. The number of ketones is 1. The summed E-state index contributed by atoms with van der Waals surface area (Å²) in [6.07, 6.45) is 0.416. The maximum atomic E-state index is 12.0. The molecule has 0 saturated carbocycles. The molecule has 2 aromatic carbocycles. The molecule has 3 nitrogen and oxygen atoms in total. The second-order valence-corrected chi connectivity index (χ2v) is 5.66. The molecule has 114 valence electrons. The Bertz CT molecular complexity index is 687. The Kier molecular flexibility index (Phi) is 5.10. The topological polar surface area (TPSA) is 46.2 Å². The van der Waals surface area contributed by atoms with Gasteiger partial charge in [0.25, 0.3) is 0 Å². The molecule has 0 unspecified atom stereocenters. The highest BCUT2D eigenvalue weighted by Crippen LogP contribution is 2.16. The van der Waals surface area contributed by atoms with Gasteiger partial charge in [0.1, 0.15) is 0 Å². The van der Waals surface area contributed by atoms with Gasteiger partial charge in [0, 0.05) is 24.1 Å². The van der Waals surface area contributed by atoms with Crippen LogP contribution in [0.5, 0.6) is 0 Å². The van der Waals surface area contributed by atoms with Crippen molar-refractivity contribution in [1.82, 2.24) is 0 Å². The average molecular weight is 295 g/mol. The third-order valence-electron chi connectivity index (χ3n) is 3.61. The zero-order valence-electron chi connectivity index (χ0n) is 13.3. The Morgan fingerprint density at radius 3 is 2.14 bits per heavy atom. The maximum Gasteiger partial charge on any atom is 0.224 e. The largest absolute Gasteiger partial charge is 0.326 e. The summed E-state index contributed by atoms with van der Waals surface area (Å²) in [5.74, 6) is -0.136. The van der Waals surface area contributed by atoms with E-state index in [1.165, 1.54) is 0 Å². The van der Waals surface area contributed by atoms with Crippen molar-refractivity contribution < 1.29 is 9.59 Å². The van der Waals surface area contributed by atoms with E-state index in [4.69, 9.17) is 0 Å². The molecule has 0 saturated heterocycles. The number of carbonyl (C=O) groups is 2. The SMILES string of the molecule is Cc1ccc(C(=O)CCC(=O)Nc2ccc(C)cc2C)cc1. The van der Waals surface area contributed by atoms with Crippen LogP contribution in [-0.4, -0.2) is 11.7 Å². The molecule has 0 aliphatic heterocycles. The van der Waals surface area contributed by atoms with E-state index in [2.05, 4.69) is 5.32 Å². The molecule has 0 aromatic heterocycles. The number of rotatable bonds is 5. The Morgan fingerprint density at radius 1 is 0.864 bits per heavy atom. The number of hydrogen-bond donors (Lipinski definition) is 1. The van der Waals surface area contributed by atoms with Crippen LogP contribution in [0.2, 0.25) is 0 Å². The quantitative estimate of drug-likeness (QED) is 0.840. The summed E-state index contributed by atoms with van der Waals surface area (Å²) >= 11 is 0. The van der Waals surface area contributed by atoms with Crippen LogP contribution in [0.25, 0.3) is 0 Å². The minimum absolute atomic E-state index is 0.00391. The molecule has 0 fully saturated rings. The first kappa shape index (κ1) is 16.0. The highest BCUT2D eigenvalue weighted by Gasteiger charge is 2.10. The summed E-state index contributed by atoms with van der Waals surface area (Å²) in [7, 11) is 0. The summed E-state index contributed by atoms with van der Waals surface area (Å²) in [5, 5.41) is 2.86. The third-order valence-corrected chi connectivity index (χ3v) is 3.61. The molecule has 2 aromatic rings. The normalized spacial score (nSPS) is 10.3. The summed E-state index contributed by atoms with van der Waals surface area (Å²) in [6, 6.07) is 13.3. The highest BCUT2D eigenvalue weighted by molar-refractivity contribution is 6.00. The molecule has 0 bridgehead atoms. The Hall–Kier alpha value is -2.42.